The van der Waals surface area contributed by atoms with Gasteiger partial charge in [-0.25, -0.2) is 4.79 Å². The van der Waals surface area contributed by atoms with Gasteiger partial charge in [0.2, 0.25) is 5.91 Å². The molecular formula is C20H27N3O3. The Kier molecular flexibility index (Phi) is 5.03. The molecule has 3 atom stereocenters. The van der Waals surface area contributed by atoms with Crippen molar-refractivity contribution >= 4 is 17.8 Å². The Morgan fingerprint density at radius 1 is 1.15 bits per heavy atom. The minimum absolute atomic E-state index is 0.136. The first-order valence-electron chi connectivity index (χ1n) is 9.41. The molecule has 2 fully saturated rings. The maximum atomic E-state index is 13.1. The van der Waals surface area contributed by atoms with Crippen LogP contribution in [0.2, 0.25) is 0 Å². The van der Waals surface area contributed by atoms with Gasteiger partial charge in [-0.1, -0.05) is 37.3 Å². The van der Waals surface area contributed by atoms with Gasteiger partial charge in [-0.15, -0.1) is 0 Å². The number of piperidine rings is 1. The maximum Gasteiger partial charge on any atom is 0.325 e. The molecule has 0 spiro atoms. The normalized spacial score (nSPS) is 29.0. The molecule has 0 aromatic heterocycles. The average Bonchev–Trinajstić information content (AvgIpc) is 2.87. The van der Waals surface area contributed by atoms with Crippen LogP contribution in [-0.4, -0.2) is 46.3 Å². The van der Waals surface area contributed by atoms with Crippen LogP contribution in [-0.2, 0) is 15.1 Å². The number of imide groups is 1. The molecule has 2 heterocycles. The molecule has 3 rings (SSSR count). The van der Waals surface area contributed by atoms with Crippen molar-refractivity contribution < 1.29 is 14.4 Å². The van der Waals surface area contributed by atoms with Crippen molar-refractivity contribution in [3.05, 3.63) is 35.9 Å². The molecule has 1 aromatic rings. The Morgan fingerprint density at radius 3 is 2.35 bits per heavy atom. The van der Waals surface area contributed by atoms with Gasteiger partial charge in [-0.2, -0.15) is 0 Å². The molecule has 26 heavy (non-hydrogen) atoms. The Morgan fingerprint density at radius 2 is 1.77 bits per heavy atom. The quantitative estimate of drug-likeness (QED) is 0.842. The zero-order valence-corrected chi connectivity index (χ0v) is 15.7. The summed E-state index contributed by atoms with van der Waals surface area (Å²) in [5, 5.41) is 2.83. The first-order chi connectivity index (χ1) is 12.4. The third kappa shape index (κ3) is 2.97. The van der Waals surface area contributed by atoms with E-state index in [9.17, 15) is 14.4 Å². The lowest BCUT2D eigenvalue weighted by molar-refractivity contribution is -0.143. The SMILES string of the molecule is CC[C@@]1(c2ccccc2)NC(=O)N(CC(=O)N2[C@H](C)CCC[C@@H]2C)C1=O. The highest BCUT2D eigenvalue weighted by atomic mass is 16.2. The van der Waals surface area contributed by atoms with Crippen molar-refractivity contribution in [2.45, 2.75) is 64.1 Å². The highest BCUT2D eigenvalue weighted by Gasteiger charge is 2.52. The number of urea groups is 1. The summed E-state index contributed by atoms with van der Waals surface area (Å²) in [7, 11) is 0. The predicted molar refractivity (Wildman–Crippen MR) is 98.3 cm³/mol. The van der Waals surface area contributed by atoms with Crippen LogP contribution in [0.4, 0.5) is 4.79 Å². The number of amides is 4. The molecule has 140 valence electrons. The van der Waals surface area contributed by atoms with Crippen LogP contribution in [0.1, 0.15) is 52.0 Å². The van der Waals surface area contributed by atoms with E-state index in [0.717, 1.165) is 29.7 Å². The number of carbonyl (C=O) groups excluding carboxylic acids is 3. The van der Waals surface area contributed by atoms with Gasteiger partial charge in [0.25, 0.3) is 5.91 Å². The molecule has 2 aliphatic rings. The van der Waals surface area contributed by atoms with Gasteiger partial charge in [-0.05, 0) is 45.1 Å². The zero-order chi connectivity index (χ0) is 18.9. The number of nitrogens with zero attached hydrogens (tertiary/aromatic N) is 2. The Labute approximate surface area is 154 Å². The molecular weight excluding hydrogens is 330 g/mol. The smallest absolute Gasteiger partial charge is 0.325 e. The van der Waals surface area contributed by atoms with E-state index in [-0.39, 0.29) is 30.4 Å². The molecule has 0 unspecified atom stereocenters. The van der Waals surface area contributed by atoms with E-state index in [1.807, 2.05) is 56.0 Å². The number of rotatable bonds is 4. The number of nitrogens with one attached hydrogen (secondary N) is 1. The van der Waals surface area contributed by atoms with Crippen molar-refractivity contribution in [1.29, 1.82) is 0 Å². The largest absolute Gasteiger partial charge is 0.336 e. The van der Waals surface area contributed by atoms with Crippen LogP contribution in [0.5, 0.6) is 0 Å². The molecule has 0 bridgehead atoms. The molecule has 2 aliphatic heterocycles. The lowest BCUT2D eigenvalue weighted by Gasteiger charge is -2.39. The molecule has 0 saturated carbocycles. The molecule has 0 aliphatic carbocycles. The topological polar surface area (TPSA) is 69.7 Å². The van der Waals surface area contributed by atoms with E-state index in [0.29, 0.717) is 6.42 Å². The Hall–Kier alpha value is -2.37. The highest BCUT2D eigenvalue weighted by molar-refractivity contribution is 6.09. The standard InChI is InChI=1S/C20H27N3O3/c1-4-20(16-11-6-5-7-12-16)18(25)22(19(26)21-20)13-17(24)23-14(2)9-8-10-15(23)3/h5-7,11-12,14-15H,4,8-10,13H2,1-3H3,(H,21,26)/t14-,15+,20-/m0/s1. The molecule has 4 amide bonds. The van der Waals surface area contributed by atoms with Crippen LogP contribution in [0.15, 0.2) is 30.3 Å². The fourth-order valence-electron chi connectivity index (χ4n) is 4.26. The second-order valence-electron chi connectivity index (χ2n) is 7.38. The summed E-state index contributed by atoms with van der Waals surface area (Å²) in [5.74, 6) is -0.505. The van der Waals surface area contributed by atoms with Crippen molar-refractivity contribution in [2.75, 3.05) is 6.54 Å². The Bertz CT molecular complexity index is 696. The second-order valence-corrected chi connectivity index (χ2v) is 7.38. The fraction of sp³-hybridized carbons (Fsp3) is 0.550. The highest BCUT2D eigenvalue weighted by Crippen LogP contribution is 2.32. The molecule has 1 N–H and O–H groups in total. The third-order valence-corrected chi connectivity index (χ3v) is 5.75. The molecule has 6 heteroatoms. The van der Waals surface area contributed by atoms with Crippen LogP contribution in [0, 0.1) is 0 Å². The zero-order valence-electron chi connectivity index (χ0n) is 15.7. The molecule has 6 nitrogen and oxygen atoms in total. The number of hydrogen-bond acceptors (Lipinski definition) is 3. The van der Waals surface area contributed by atoms with E-state index in [1.165, 1.54) is 0 Å². The van der Waals surface area contributed by atoms with Gasteiger partial charge in [0.15, 0.2) is 0 Å². The van der Waals surface area contributed by atoms with Crippen molar-refractivity contribution in [3.8, 4) is 0 Å². The number of hydrogen-bond donors (Lipinski definition) is 1. The summed E-state index contributed by atoms with van der Waals surface area (Å²) in [6, 6.07) is 9.01. The summed E-state index contributed by atoms with van der Waals surface area (Å²) in [6.45, 7) is 5.72. The summed E-state index contributed by atoms with van der Waals surface area (Å²) in [6.07, 6.45) is 3.45. The third-order valence-electron chi connectivity index (χ3n) is 5.75. The average molecular weight is 357 g/mol. The van der Waals surface area contributed by atoms with Crippen LogP contribution < -0.4 is 5.32 Å². The van der Waals surface area contributed by atoms with Gasteiger partial charge >= 0.3 is 6.03 Å². The van der Waals surface area contributed by atoms with Gasteiger partial charge in [0, 0.05) is 12.1 Å². The van der Waals surface area contributed by atoms with Crippen LogP contribution in [0.3, 0.4) is 0 Å². The van der Waals surface area contributed by atoms with Crippen LogP contribution >= 0.6 is 0 Å². The lowest BCUT2D eigenvalue weighted by Crippen LogP contribution is -2.52. The van der Waals surface area contributed by atoms with Crippen molar-refractivity contribution in [3.63, 3.8) is 0 Å². The van der Waals surface area contributed by atoms with Gasteiger partial charge in [-0.3, -0.25) is 14.5 Å². The lowest BCUT2D eigenvalue weighted by atomic mass is 9.87. The maximum absolute atomic E-state index is 13.1. The Balaban J connectivity index is 1.82. The van der Waals surface area contributed by atoms with E-state index >= 15 is 0 Å². The molecule has 2 saturated heterocycles. The van der Waals surface area contributed by atoms with Crippen molar-refractivity contribution in [2.24, 2.45) is 0 Å². The summed E-state index contributed by atoms with van der Waals surface area (Å²) in [5.41, 5.74) is -0.340. The van der Waals surface area contributed by atoms with E-state index in [4.69, 9.17) is 0 Å². The van der Waals surface area contributed by atoms with E-state index in [1.54, 1.807) is 0 Å². The number of benzene rings is 1. The first-order valence-corrected chi connectivity index (χ1v) is 9.41. The number of likely N-dealkylation sites (tertiary alicyclic amines) is 1. The van der Waals surface area contributed by atoms with E-state index < -0.39 is 11.6 Å². The predicted octanol–water partition coefficient (Wildman–Crippen LogP) is 2.63. The van der Waals surface area contributed by atoms with Gasteiger partial charge < -0.3 is 10.2 Å². The monoisotopic (exact) mass is 357 g/mol. The fourth-order valence-corrected chi connectivity index (χ4v) is 4.26. The summed E-state index contributed by atoms with van der Waals surface area (Å²) in [4.78, 5) is 41.4. The van der Waals surface area contributed by atoms with Crippen LogP contribution in [0.25, 0.3) is 0 Å². The second kappa shape index (κ2) is 7.09. The number of carbonyl (C=O) groups is 3. The minimum atomic E-state index is -1.09. The minimum Gasteiger partial charge on any atom is -0.336 e. The molecule has 1 aromatic carbocycles. The summed E-state index contributed by atoms with van der Waals surface area (Å²) >= 11 is 0. The first kappa shape index (κ1) is 18.4. The summed E-state index contributed by atoms with van der Waals surface area (Å²) < 4.78 is 0. The van der Waals surface area contributed by atoms with Gasteiger partial charge in [0.1, 0.15) is 12.1 Å². The molecule has 0 radical (unpaired) electrons. The van der Waals surface area contributed by atoms with E-state index in [2.05, 4.69) is 5.32 Å². The van der Waals surface area contributed by atoms with Gasteiger partial charge in [0.05, 0.1) is 0 Å². The van der Waals surface area contributed by atoms with Crippen molar-refractivity contribution in [1.82, 2.24) is 15.1 Å².